The first kappa shape index (κ1) is 22.6. The fraction of sp³-hybridized carbons (Fsp3) is 0.650. The molecule has 1 fully saturated rings. The number of hydrogen-bond acceptors (Lipinski definition) is 6. The molecule has 0 unspecified atom stereocenters. The molecule has 0 aromatic carbocycles. The molecule has 30 heavy (non-hydrogen) atoms. The highest BCUT2D eigenvalue weighted by Crippen LogP contribution is 2.41. The monoisotopic (exact) mass is 434 g/mol. The third-order valence-corrected chi connectivity index (χ3v) is 10.4. The molecule has 9 nitrogen and oxygen atoms in total. The molecule has 2 aromatic rings. The largest absolute Gasteiger partial charge is 0.411 e. The van der Waals surface area contributed by atoms with E-state index < -0.39 is 20.1 Å². The van der Waals surface area contributed by atoms with Crippen LogP contribution in [0.4, 0.5) is 5.95 Å². The second kappa shape index (κ2) is 7.90. The van der Waals surface area contributed by atoms with Crippen molar-refractivity contribution in [3.05, 3.63) is 23.6 Å². The summed E-state index contributed by atoms with van der Waals surface area (Å²) >= 11 is 0. The molecule has 0 aliphatic carbocycles. The van der Waals surface area contributed by atoms with Gasteiger partial charge in [-0.05, 0) is 25.1 Å². The van der Waals surface area contributed by atoms with E-state index >= 15 is 0 Å². The number of carbonyl (C=O) groups excluding carboxylic acids is 1. The molecule has 3 rings (SSSR count). The Kier molecular flexibility index (Phi) is 5.96. The first-order chi connectivity index (χ1) is 13.8. The molecule has 0 bridgehead atoms. The minimum absolute atomic E-state index is 0.0743. The number of hydrogen-bond donors (Lipinski definition) is 2. The van der Waals surface area contributed by atoms with Gasteiger partial charge >= 0.3 is 0 Å². The summed E-state index contributed by atoms with van der Waals surface area (Å²) in [5, 5.41) is 2.70. The zero-order chi connectivity index (χ0) is 22.4. The standard InChI is InChI=1S/C20H32N5O4Si/c1-11(2)17(26)23-19-22-16-15(18(27)24-19)21-10-25(16)14-9-13(12(3)28-14)29-30(7,8)20(4,5)6/h10-14H,3,9H2,1-2,4-8H3,(H2,22,23,24,26,27)/t12-,13+,14-/m1/s1. The van der Waals surface area contributed by atoms with E-state index in [2.05, 4.69) is 61.1 Å². The van der Waals surface area contributed by atoms with Gasteiger partial charge in [0.05, 0.1) is 18.5 Å². The molecule has 1 aliphatic rings. The average Bonchev–Trinajstić information content (AvgIpc) is 3.17. The van der Waals surface area contributed by atoms with Crippen molar-refractivity contribution in [2.75, 3.05) is 5.32 Å². The van der Waals surface area contributed by atoms with E-state index in [1.54, 1.807) is 18.4 Å². The molecular formula is C20H32N5O4Si. The van der Waals surface area contributed by atoms with Crippen LogP contribution in [0, 0.1) is 12.8 Å². The van der Waals surface area contributed by atoms with Crippen LogP contribution in [0.15, 0.2) is 11.1 Å². The van der Waals surface area contributed by atoms with Crippen molar-refractivity contribution in [1.29, 1.82) is 0 Å². The molecule has 0 spiro atoms. The summed E-state index contributed by atoms with van der Waals surface area (Å²) in [4.78, 5) is 35.6. The maximum atomic E-state index is 12.4. The lowest BCUT2D eigenvalue weighted by atomic mass is 10.2. The highest BCUT2D eigenvalue weighted by molar-refractivity contribution is 6.74. The van der Waals surface area contributed by atoms with Crippen LogP contribution in [0.25, 0.3) is 11.2 Å². The molecule has 2 aromatic heterocycles. The SMILES string of the molecule is [CH2][C@H]1O[C@@H](n2cnc3c(=O)[nH]c(NC(=O)C(C)C)nc32)C[C@@H]1O[Si](C)(C)C(C)(C)C. The normalized spacial score (nSPS) is 22.8. The summed E-state index contributed by atoms with van der Waals surface area (Å²) in [6, 6.07) is 0. The molecule has 1 amide bonds. The van der Waals surface area contributed by atoms with Gasteiger partial charge in [-0.2, -0.15) is 4.98 Å². The number of amides is 1. The minimum atomic E-state index is -1.99. The molecule has 1 radical (unpaired) electrons. The quantitative estimate of drug-likeness (QED) is 0.699. The Morgan fingerprint density at radius 3 is 2.70 bits per heavy atom. The summed E-state index contributed by atoms with van der Waals surface area (Å²) in [6.45, 7) is 18.6. The Hall–Kier alpha value is -2.04. The predicted octanol–water partition coefficient (Wildman–Crippen LogP) is 3.23. The third-order valence-electron chi connectivity index (χ3n) is 5.94. The molecule has 0 saturated carbocycles. The molecule has 2 N–H and O–H groups in total. The zero-order valence-corrected chi connectivity index (χ0v) is 19.8. The number of nitrogens with zero attached hydrogens (tertiary/aromatic N) is 3. The van der Waals surface area contributed by atoms with E-state index in [4.69, 9.17) is 9.16 Å². The van der Waals surface area contributed by atoms with E-state index in [0.29, 0.717) is 12.1 Å². The number of fused-ring (bicyclic) bond motifs is 1. The van der Waals surface area contributed by atoms with Crippen LogP contribution in [0.5, 0.6) is 0 Å². The van der Waals surface area contributed by atoms with Gasteiger partial charge in [0.1, 0.15) is 6.23 Å². The maximum absolute atomic E-state index is 12.4. The number of nitrogens with one attached hydrogen (secondary N) is 2. The smallest absolute Gasteiger partial charge is 0.280 e. The summed E-state index contributed by atoms with van der Waals surface area (Å²) in [5.74, 6) is -0.387. The number of aromatic nitrogens is 4. The number of ether oxygens (including phenoxy) is 1. The molecule has 1 aliphatic heterocycles. The van der Waals surface area contributed by atoms with Gasteiger partial charge in [-0.25, -0.2) is 4.98 Å². The summed E-state index contributed by atoms with van der Waals surface area (Å²) in [5.41, 5.74) is 0.120. The maximum Gasteiger partial charge on any atom is 0.280 e. The third kappa shape index (κ3) is 4.35. The highest BCUT2D eigenvalue weighted by atomic mass is 28.4. The molecule has 165 valence electrons. The first-order valence-electron chi connectivity index (χ1n) is 10.2. The van der Waals surface area contributed by atoms with Gasteiger partial charge in [0, 0.05) is 12.3 Å². The van der Waals surface area contributed by atoms with Gasteiger partial charge in [-0.3, -0.25) is 24.5 Å². The Bertz CT molecular complexity index is 991. The number of H-pyrrole nitrogens is 1. The number of rotatable bonds is 5. The van der Waals surface area contributed by atoms with Crippen LogP contribution in [0.1, 0.15) is 47.3 Å². The van der Waals surface area contributed by atoms with Gasteiger partial charge in [0.25, 0.3) is 5.56 Å². The Morgan fingerprint density at radius 1 is 1.43 bits per heavy atom. The van der Waals surface area contributed by atoms with E-state index in [-0.39, 0.29) is 40.5 Å². The van der Waals surface area contributed by atoms with Crippen molar-refractivity contribution in [3.8, 4) is 0 Å². The predicted molar refractivity (Wildman–Crippen MR) is 118 cm³/mol. The number of anilines is 1. The van der Waals surface area contributed by atoms with Crippen molar-refractivity contribution in [3.63, 3.8) is 0 Å². The van der Waals surface area contributed by atoms with Crippen LogP contribution in [0.2, 0.25) is 18.1 Å². The van der Waals surface area contributed by atoms with Crippen molar-refractivity contribution in [2.45, 2.75) is 77.6 Å². The fourth-order valence-corrected chi connectivity index (χ4v) is 4.37. The Balaban J connectivity index is 1.87. The van der Waals surface area contributed by atoms with Gasteiger partial charge in [-0.15, -0.1) is 0 Å². The minimum Gasteiger partial charge on any atom is -0.411 e. The first-order valence-corrected chi connectivity index (χ1v) is 13.1. The molecule has 3 heterocycles. The summed E-state index contributed by atoms with van der Waals surface area (Å²) in [6.07, 6.45) is 1.20. The van der Waals surface area contributed by atoms with Crippen LogP contribution in [-0.2, 0) is 14.0 Å². The number of carbonyl (C=O) groups is 1. The van der Waals surface area contributed by atoms with Gasteiger partial charge < -0.3 is 9.16 Å². The van der Waals surface area contributed by atoms with Gasteiger partial charge in [-0.1, -0.05) is 34.6 Å². The van der Waals surface area contributed by atoms with Crippen molar-refractivity contribution >= 4 is 31.3 Å². The van der Waals surface area contributed by atoms with Crippen LogP contribution >= 0.6 is 0 Å². The van der Waals surface area contributed by atoms with Crippen LogP contribution < -0.4 is 10.9 Å². The average molecular weight is 435 g/mol. The van der Waals surface area contributed by atoms with Crippen LogP contribution in [-0.4, -0.2) is 46.0 Å². The van der Waals surface area contributed by atoms with Crippen molar-refractivity contribution in [1.82, 2.24) is 19.5 Å². The fourth-order valence-electron chi connectivity index (χ4n) is 3.01. The second-order valence-corrected chi connectivity index (χ2v) is 14.4. The topological polar surface area (TPSA) is 111 Å². The Labute approximate surface area is 177 Å². The summed E-state index contributed by atoms with van der Waals surface area (Å²) in [7, 11) is -1.99. The van der Waals surface area contributed by atoms with E-state index in [9.17, 15) is 9.59 Å². The highest BCUT2D eigenvalue weighted by Gasteiger charge is 2.44. The molecule has 3 atom stereocenters. The Morgan fingerprint density at radius 2 is 2.10 bits per heavy atom. The van der Waals surface area contributed by atoms with Crippen LogP contribution in [0.3, 0.4) is 0 Å². The number of aromatic amines is 1. The lowest BCUT2D eigenvalue weighted by Crippen LogP contribution is -2.45. The molecular weight excluding hydrogens is 402 g/mol. The van der Waals surface area contributed by atoms with E-state index in [1.807, 2.05) is 0 Å². The number of imidazole rings is 1. The zero-order valence-electron chi connectivity index (χ0n) is 18.8. The van der Waals surface area contributed by atoms with Gasteiger partial charge in [0.2, 0.25) is 11.9 Å². The van der Waals surface area contributed by atoms with E-state index in [0.717, 1.165) is 0 Å². The summed E-state index contributed by atoms with van der Waals surface area (Å²) < 4.78 is 14.3. The van der Waals surface area contributed by atoms with Crippen molar-refractivity contribution < 1.29 is 14.0 Å². The van der Waals surface area contributed by atoms with Gasteiger partial charge in [0.15, 0.2) is 19.5 Å². The lowest BCUT2D eigenvalue weighted by molar-refractivity contribution is -0.118. The molecule has 10 heteroatoms. The second-order valence-electron chi connectivity index (χ2n) is 9.66. The van der Waals surface area contributed by atoms with E-state index in [1.165, 1.54) is 6.33 Å². The van der Waals surface area contributed by atoms with Crippen molar-refractivity contribution in [2.24, 2.45) is 5.92 Å². The molecule has 1 saturated heterocycles. The lowest BCUT2D eigenvalue weighted by Gasteiger charge is -2.38.